The molecule has 4 heteroatoms. The molecule has 1 saturated carbocycles. The van der Waals surface area contributed by atoms with Crippen LogP contribution in [0.1, 0.15) is 12.8 Å². The summed E-state index contributed by atoms with van der Waals surface area (Å²) in [6.45, 7) is 0.900. The van der Waals surface area contributed by atoms with E-state index < -0.39 is 0 Å². The van der Waals surface area contributed by atoms with Crippen molar-refractivity contribution in [2.24, 2.45) is 5.41 Å². The van der Waals surface area contributed by atoms with E-state index in [1.54, 1.807) is 6.33 Å². The second-order valence-electron chi connectivity index (χ2n) is 4.73. The summed E-state index contributed by atoms with van der Waals surface area (Å²) >= 11 is 5.97. The average molecular weight is 248 g/mol. The normalized spacial score (nSPS) is 17.0. The van der Waals surface area contributed by atoms with Gasteiger partial charge >= 0.3 is 0 Å². The molecule has 88 valence electrons. The molecule has 3 nitrogen and oxygen atoms in total. The fourth-order valence-electron chi connectivity index (χ4n) is 1.95. The molecule has 1 aliphatic carbocycles. The van der Waals surface area contributed by atoms with Crippen molar-refractivity contribution in [1.82, 2.24) is 9.97 Å². The molecular weight excluding hydrogens is 234 g/mol. The summed E-state index contributed by atoms with van der Waals surface area (Å²) in [7, 11) is 0. The van der Waals surface area contributed by atoms with Crippen LogP contribution in [-0.4, -0.2) is 22.4 Å². The average Bonchev–Trinajstić information content (AvgIpc) is 3.17. The Bertz CT molecular complexity index is 532. The number of benzene rings is 1. The summed E-state index contributed by atoms with van der Waals surface area (Å²) in [5.74, 6) is 1.63. The molecule has 0 atom stereocenters. The van der Waals surface area contributed by atoms with Gasteiger partial charge in [0.25, 0.3) is 0 Å². The minimum absolute atomic E-state index is 0.299. The first-order chi connectivity index (χ1) is 8.33. The van der Waals surface area contributed by atoms with Crippen molar-refractivity contribution in [1.29, 1.82) is 0 Å². The molecule has 0 radical (unpaired) electrons. The third-order valence-corrected chi connectivity index (χ3v) is 3.98. The van der Waals surface area contributed by atoms with Crippen molar-refractivity contribution in [3.8, 4) is 0 Å². The number of aromatic nitrogens is 2. The number of hydrogen-bond donors (Lipinski definition) is 1. The van der Waals surface area contributed by atoms with Crippen molar-refractivity contribution >= 4 is 28.3 Å². The topological polar surface area (TPSA) is 37.8 Å². The predicted molar refractivity (Wildman–Crippen MR) is 70.4 cm³/mol. The largest absolute Gasteiger partial charge is 0.369 e. The van der Waals surface area contributed by atoms with Gasteiger partial charge in [0.1, 0.15) is 12.1 Å². The Balaban J connectivity index is 1.85. The Morgan fingerprint density at radius 2 is 2.06 bits per heavy atom. The molecule has 0 aliphatic heterocycles. The number of fused-ring (bicyclic) bond motifs is 1. The molecule has 3 rings (SSSR count). The molecule has 0 unspecified atom stereocenters. The van der Waals surface area contributed by atoms with Crippen molar-refractivity contribution in [3.63, 3.8) is 0 Å². The first-order valence-corrected chi connectivity index (χ1v) is 6.36. The van der Waals surface area contributed by atoms with Crippen LogP contribution in [0.25, 0.3) is 10.9 Å². The van der Waals surface area contributed by atoms with Crippen LogP contribution in [-0.2, 0) is 0 Å². The standard InChI is InChI=1S/C13H14ClN3/c14-7-13(5-6-13)8-15-12-10-3-1-2-4-11(10)16-9-17-12/h1-4,9H,5-8H2,(H,15,16,17). The highest BCUT2D eigenvalue weighted by Crippen LogP contribution is 2.46. The second-order valence-corrected chi connectivity index (χ2v) is 4.99. The molecule has 1 fully saturated rings. The molecule has 0 amide bonds. The van der Waals surface area contributed by atoms with Gasteiger partial charge in [-0.1, -0.05) is 12.1 Å². The molecule has 1 N–H and O–H groups in total. The lowest BCUT2D eigenvalue weighted by Gasteiger charge is -2.13. The minimum atomic E-state index is 0.299. The summed E-state index contributed by atoms with van der Waals surface area (Å²) in [6.07, 6.45) is 4.03. The smallest absolute Gasteiger partial charge is 0.137 e. The molecule has 1 heterocycles. The van der Waals surface area contributed by atoms with E-state index in [9.17, 15) is 0 Å². The van der Waals surface area contributed by atoms with E-state index in [0.717, 1.165) is 29.1 Å². The van der Waals surface area contributed by atoms with E-state index in [2.05, 4.69) is 15.3 Å². The zero-order valence-corrected chi connectivity index (χ0v) is 10.2. The lowest BCUT2D eigenvalue weighted by atomic mass is 10.1. The van der Waals surface area contributed by atoms with Gasteiger partial charge in [0, 0.05) is 23.2 Å². The summed E-state index contributed by atoms with van der Waals surface area (Å²) < 4.78 is 0. The van der Waals surface area contributed by atoms with Gasteiger partial charge in [0.15, 0.2) is 0 Å². The first-order valence-electron chi connectivity index (χ1n) is 5.83. The van der Waals surface area contributed by atoms with Crippen LogP contribution in [0.2, 0.25) is 0 Å². The summed E-state index contributed by atoms with van der Waals surface area (Å²) in [6, 6.07) is 8.03. The fraction of sp³-hybridized carbons (Fsp3) is 0.385. The lowest BCUT2D eigenvalue weighted by Crippen LogP contribution is -2.17. The maximum absolute atomic E-state index is 5.97. The Kier molecular flexibility index (Phi) is 2.63. The summed E-state index contributed by atoms with van der Waals surface area (Å²) in [4.78, 5) is 8.55. The van der Waals surface area contributed by atoms with E-state index in [1.165, 1.54) is 12.8 Å². The SMILES string of the molecule is ClCC1(CNc2ncnc3ccccc23)CC1. The third-order valence-electron chi connectivity index (χ3n) is 3.41. The van der Waals surface area contributed by atoms with E-state index in [0.29, 0.717) is 5.41 Å². The zero-order chi connectivity index (χ0) is 11.7. The molecule has 1 aromatic heterocycles. The van der Waals surface area contributed by atoms with E-state index in [1.807, 2.05) is 24.3 Å². The zero-order valence-electron chi connectivity index (χ0n) is 9.49. The number of rotatable bonds is 4. The van der Waals surface area contributed by atoms with Crippen LogP contribution in [0, 0.1) is 5.41 Å². The Morgan fingerprint density at radius 3 is 2.82 bits per heavy atom. The van der Waals surface area contributed by atoms with Gasteiger partial charge in [-0.05, 0) is 25.0 Å². The van der Waals surface area contributed by atoms with Gasteiger partial charge in [0.05, 0.1) is 5.52 Å². The highest BCUT2D eigenvalue weighted by molar-refractivity contribution is 6.18. The molecule has 1 aromatic carbocycles. The first kappa shape index (κ1) is 10.8. The Hall–Kier alpha value is -1.35. The maximum atomic E-state index is 5.97. The third kappa shape index (κ3) is 2.07. The van der Waals surface area contributed by atoms with Crippen LogP contribution >= 0.6 is 11.6 Å². The van der Waals surface area contributed by atoms with Crippen LogP contribution in [0.3, 0.4) is 0 Å². The fourth-order valence-corrected chi connectivity index (χ4v) is 2.31. The van der Waals surface area contributed by atoms with E-state index in [4.69, 9.17) is 11.6 Å². The van der Waals surface area contributed by atoms with Crippen LogP contribution < -0.4 is 5.32 Å². The number of nitrogens with zero attached hydrogens (tertiary/aromatic N) is 2. The van der Waals surface area contributed by atoms with E-state index >= 15 is 0 Å². The molecular formula is C13H14ClN3. The highest BCUT2D eigenvalue weighted by atomic mass is 35.5. The number of anilines is 1. The second kappa shape index (κ2) is 4.15. The summed E-state index contributed by atoms with van der Waals surface area (Å²) in [5, 5.41) is 4.48. The number of hydrogen-bond acceptors (Lipinski definition) is 3. The molecule has 1 aliphatic rings. The molecule has 0 bridgehead atoms. The van der Waals surface area contributed by atoms with Gasteiger partial charge in [-0.15, -0.1) is 11.6 Å². The molecule has 0 spiro atoms. The predicted octanol–water partition coefficient (Wildman–Crippen LogP) is 3.06. The quantitative estimate of drug-likeness (QED) is 0.844. The van der Waals surface area contributed by atoms with Crippen molar-refractivity contribution in [2.45, 2.75) is 12.8 Å². The Morgan fingerprint density at radius 1 is 1.24 bits per heavy atom. The van der Waals surface area contributed by atoms with Crippen molar-refractivity contribution in [3.05, 3.63) is 30.6 Å². The van der Waals surface area contributed by atoms with Gasteiger partial charge < -0.3 is 5.32 Å². The monoisotopic (exact) mass is 247 g/mol. The minimum Gasteiger partial charge on any atom is -0.369 e. The molecule has 0 saturated heterocycles. The van der Waals surface area contributed by atoms with Crippen LogP contribution in [0.5, 0.6) is 0 Å². The molecule has 2 aromatic rings. The van der Waals surface area contributed by atoms with Crippen molar-refractivity contribution < 1.29 is 0 Å². The van der Waals surface area contributed by atoms with Crippen LogP contribution in [0.4, 0.5) is 5.82 Å². The van der Waals surface area contributed by atoms with E-state index in [-0.39, 0.29) is 0 Å². The van der Waals surface area contributed by atoms with Crippen molar-refractivity contribution in [2.75, 3.05) is 17.7 Å². The van der Waals surface area contributed by atoms with Gasteiger partial charge in [-0.2, -0.15) is 0 Å². The van der Waals surface area contributed by atoms with Gasteiger partial charge in [-0.25, -0.2) is 9.97 Å². The number of nitrogens with one attached hydrogen (secondary N) is 1. The molecule has 17 heavy (non-hydrogen) atoms. The summed E-state index contributed by atoms with van der Waals surface area (Å²) in [5.41, 5.74) is 1.27. The lowest BCUT2D eigenvalue weighted by molar-refractivity contribution is 0.618. The highest BCUT2D eigenvalue weighted by Gasteiger charge is 2.41. The number of halogens is 1. The maximum Gasteiger partial charge on any atom is 0.137 e. The van der Waals surface area contributed by atoms with Gasteiger partial charge in [-0.3, -0.25) is 0 Å². The Labute approximate surface area is 105 Å². The van der Waals surface area contributed by atoms with Crippen LogP contribution in [0.15, 0.2) is 30.6 Å². The van der Waals surface area contributed by atoms with Gasteiger partial charge in [0.2, 0.25) is 0 Å². The number of para-hydroxylation sites is 1. The number of alkyl halides is 1.